The zero-order valence-electron chi connectivity index (χ0n) is 39.1. The average molecular weight is 897 g/mol. The number of unbranched alkanes of at least 4 members (excludes halogenated alkanes) is 9. The van der Waals surface area contributed by atoms with Crippen LogP contribution in [-0.4, -0.2) is 109 Å². The highest BCUT2D eigenvalue weighted by Crippen LogP contribution is 2.43. The summed E-state index contributed by atoms with van der Waals surface area (Å²) in [5.74, 6) is 1.07. The van der Waals surface area contributed by atoms with E-state index in [1.54, 1.807) is 42.5 Å². The summed E-state index contributed by atoms with van der Waals surface area (Å²) >= 11 is 0. The fourth-order valence-corrected chi connectivity index (χ4v) is 7.08. The number of nitrogens with zero attached hydrogens (tertiary/aromatic N) is 1. The highest BCUT2D eigenvalue weighted by atomic mass is 31.2. The van der Waals surface area contributed by atoms with E-state index in [1.165, 1.54) is 30.0 Å². The number of aryl methyl sites for hydroxylation is 2. The van der Waals surface area contributed by atoms with Crippen molar-refractivity contribution in [1.29, 1.82) is 0 Å². The van der Waals surface area contributed by atoms with Gasteiger partial charge in [-0.05, 0) is 63.5 Å². The first-order chi connectivity index (χ1) is 29.5. The lowest BCUT2D eigenvalue weighted by molar-refractivity contribution is -0.870. The molecule has 5 atom stereocenters. The maximum absolute atomic E-state index is 12.8. The molecule has 0 aliphatic heterocycles. The lowest BCUT2D eigenvalue weighted by Gasteiger charge is -2.24. The number of carbonyl (C=O) groups is 2. The van der Waals surface area contributed by atoms with E-state index < -0.39 is 50.8 Å². The highest BCUT2D eigenvalue weighted by Gasteiger charge is 2.27. The lowest BCUT2D eigenvalue weighted by Crippen LogP contribution is -2.37. The first-order valence-corrected chi connectivity index (χ1v) is 24.5. The van der Waals surface area contributed by atoms with Crippen LogP contribution < -0.4 is 0 Å². The molecule has 0 aliphatic carbocycles. The number of hydrogen-bond donors (Lipinski definition) is 4. The van der Waals surface area contributed by atoms with Gasteiger partial charge in [-0.2, -0.15) is 0 Å². The van der Waals surface area contributed by atoms with Gasteiger partial charge in [-0.25, -0.2) is 4.57 Å². The predicted molar refractivity (Wildman–Crippen MR) is 245 cm³/mol. The van der Waals surface area contributed by atoms with Gasteiger partial charge in [-0.3, -0.25) is 18.6 Å². The molecule has 0 spiro atoms. The number of allylic oxidation sites excluding steroid dienone is 6. The highest BCUT2D eigenvalue weighted by molar-refractivity contribution is 7.47. The Labute approximate surface area is 373 Å². The van der Waals surface area contributed by atoms with E-state index in [2.05, 4.69) is 27.7 Å². The maximum Gasteiger partial charge on any atom is 0.472 e. The van der Waals surface area contributed by atoms with E-state index in [-0.39, 0.29) is 38.9 Å². The minimum Gasteiger partial charge on any atom is -0.466 e. The minimum absolute atomic E-state index is 0.0422. The number of phosphoric acid groups is 1. The molecular weight excluding hydrogens is 813 g/mol. The second-order valence-corrected chi connectivity index (χ2v) is 18.7. The standard InChI is InChI=1S/C48H82NO12P/c1-8-10-20-27-41(50)28-22-16-12-13-17-23-29-43(51)44(52)30-26-34-48(54)60-42(38-59-62(55,56)58-36-35-49(5,6)7)37-57-47(53)33-25-19-15-14-18-24-32-46-40(4)39(3)45(61-46)31-21-11-9-2/h12-13,16-17,22-23,28-29,41-44,50-52H,8-11,14-15,18-21,24-27,30-38H2,1-7H3/p+1/b16-12-,17-13+,28-22+,29-23+/t41-,42+,43-,44-/m0/s1. The topological polar surface area (TPSA) is 182 Å². The van der Waals surface area contributed by atoms with Gasteiger partial charge in [0.25, 0.3) is 0 Å². The third-order valence-corrected chi connectivity index (χ3v) is 11.4. The zero-order chi connectivity index (χ0) is 46.2. The van der Waals surface area contributed by atoms with E-state index in [1.807, 2.05) is 21.1 Å². The van der Waals surface area contributed by atoms with E-state index in [0.29, 0.717) is 17.4 Å². The summed E-state index contributed by atoms with van der Waals surface area (Å²) in [6.45, 7) is 8.12. The number of aliphatic hydroxyl groups is 3. The lowest BCUT2D eigenvalue weighted by atomic mass is 10.0. The predicted octanol–water partition coefficient (Wildman–Crippen LogP) is 9.26. The van der Waals surface area contributed by atoms with Gasteiger partial charge in [0.2, 0.25) is 0 Å². The number of aliphatic hydroxyl groups excluding tert-OH is 3. The van der Waals surface area contributed by atoms with Crippen molar-refractivity contribution < 1.29 is 61.8 Å². The second-order valence-electron chi connectivity index (χ2n) is 17.2. The van der Waals surface area contributed by atoms with E-state index in [0.717, 1.165) is 88.6 Å². The molecule has 0 radical (unpaired) electrons. The van der Waals surface area contributed by atoms with Crippen LogP contribution in [0.3, 0.4) is 0 Å². The average Bonchev–Trinajstić information content (AvgIpc) is 3.48. The Morgan fingerprint density at radius 3 is 1.85 bits per heavy atom. The molecule has 0 amide bonds. The van der Waals surface area contributed by atoms with E-state index in [9.17, 15) is 34.4 Å². The van der Waals surface area contributed by atoms with Crippen LogP contribution in [0, 0.1) is 13.8 Å². The SMILES string of the molecule is CCCCCc1oc(CCCCCCCCC(=O)OC[C@H](COP(=O)(O)OCC[N+](C)(C)C)OC(=O)CCC[C@H](O)[C@@H](O)/C=C/C=C/C=C\C=C\[C@@H](O)CCCCC)c(C)c1C. The molecule has 13 nitrogen and oxygen atoms in total. The van der Waals surface area contributed by atoms with Gasteiger partial charge in [0, 0.05) is 25.7 Å². The van der Waals surface area contributed by atoms with Gasteiger partial charge in [-0.1, -0.05) is 120 Å². The Morgan fingerprint density at radius 1 is 0.677 bits per heavy atom. The molecule has 4 N–H and O–H groups in total. The van der Waals surface area contributed by atoms with Gasteiger partial charge in [0.15, 0.2) is 6.10 Å². The normalized spacial score (nSPS) is 15.5. The first-order valence-electron chi connectivity index (χ1n) is 23.1. The Balaban J connectivity index is 2.53. The molecule has 62 heavy (non-hydrogen) atoms. The molecule has 356 valence electrons. The number of likely N-dealkylation sites (N-methyl/N-ethyl adjacent to an activating group) is 1. The van der Waals surface area contributed by atoms with Crippen LogP contribution in [0.4, 0.5) is 0 Å². The van der Waals surface area contributed by atoms with Gasteiger partial charge < -0.3 is 38.6 Å². The van der Waals surface area contributed by atoms with E-state index >= 15 is 0 Å². The molecular formula is C48H83NO12P+. The Hall–Kier alpha value is -2.87. The molecule has 1 unspecified atom stereocenters. The maximum atomic E-state index is 12.8. The molecule has 0 aromatic carbocycles. The summed E-state index contributed by atoms with van der Waals surface area (Å²) in [6.07, 6.45) is 25.1. The van der Waals surface area contributed by atoms with Crippen LogP contribution in [0.5, 0.6) is 0 Å². The number of hydrogen-bond acceptors (Lipinski definition) is 11. The van der Waals surface area contributed by atoms with Crippen LogP contribution in [-0.2, 0) is 45.5 Å². The summed E-state index contributed by atoms with van der Waals surface area (Å²) in [4.78, 5) is 35.6. The first kappa shape index (κ1) is 57.1. The Bertz CT molecular complexity index is 1530. The third-order valence-electron chi connectivity index (χ3n) is 10.4. The molecule has 1 aromatic heterocycles. The molecule has 1 aromatic rings. The van der Waals surface area contributed by atoms with Crippen molar-refractivity contribution in [2.45, 2.75) is 174 Å². The van der Waals surface area contributed by atoms with Gasteiger partial charge >= 0.3 is 19.8 Å². The summed E-state index contributed by atoms with van der Waals surface area (Å²) in [6, 6.07) is 0. The summed E-state index contributed by atoms with van der Waals surface area (Å²) in [5.41, 5.74) is 2.56. The molecule has 1 rings (SSSR count). The van der Waals surface area contributed by atoms with Crippen molar-refractivity contribution in [2.24, 2.45) is 0 Å². The van der Waals surface area contributed by atoms with Gasteiger partial charge in [-0.15, -0.1) is 0 Å². The molecule has 0 fully saturated rings. The fourth-order valence-electron chi connectivity index (χ4n) is 6.34. The third kappa shape index (κ3) is 29.5. The van der Waals surface area contributed by atoms with Crippen molar-refractivity contribution in [3.63, 3.8) is 0 Å². The molecule has 0 saturated heterocycles. The van der Waals surface area contributed by atoms with Crippen molar-refractivity contribution in [2.75, 3.05) is 47.5 Å². The number of quaternary nitrogens is 1. The smallest absolute Gasteiger partial charge is 0.466 e. The van der Waals surface area contributed by atoms with Gasteiger partial charge in [0.05, 0.1) is 46.1 Å². The second kappa shape index (κ2) is 33.6. The minimum atomic E-state index is -4.49. The molecule has 0 saturated carbocycles. The summed E-state index contributed by atoms with van der Waals surface area (Å²) in [7, 11) is 1.23. The van der Waals surface area contributed by atoms with Gasteiger partial charge in [0.1, 0.15) is 31.3 Å². The number of ether oxygens (including phenoxy) is 2. The van der Waals surface area contributed by atoms with Crippen molar-refractivity contribution in [3.05, 3.63) is 71.3 Å². The molecule has 14 heteroatoms. The van der Waals surface area contributed by atoms with Crippen LogP contribution >= 0.6 is 7.82 Å². The largest absolute Gasteiger partial charge is 0.472 e. The summed E-state index contributed by atoms with van der Waals surface area (Å²) < 4.78 is 40.3. The molecule has 1 heterocycles. The van der Waals surface area contributed by atoms with Crippen LogP contribution in [0.15, 0.2) is 53.0 Å². The number of esters is 2. The molecule has 0 aliphatic rings. The summed E-state index contributed by atoms with van der Waals surface area (Å²) in [5, 5.41) is 30.6. The monoisotopic (exact) mass is 897 g/mol. The number of rotatable bonds is 37. The fraction of sp³-hybridized carbons (Fsp3) is 0.708. The van der Waals surface area contributed by atoms with Crippen molar-refractivity contribution >= 4 is 19.8 Å². The Kier molecular flexibility index (Phi) is 31.0. The van der Waals surface area contributed by atoms with Crippen molar-refractivity contribution in [1.82, 2.24) is 0 Å². The Morgan fingerprint density at radius 2 is 1.23 bits per heavy atom. The van der Waals surface area contributed by atoms with E-state index in [4.69, 9.17) is 22.9 Å². The quantitative estimate of drug-likeness (QED) is 0.0164. The van der Waals surface area contributed by atoms with Crippen LogP contribution in [0.2, 0.25) is 0 Å². The number of phosphoric ester groups is 1. The van der Waals surface area contributed by atoms with Crippen LogP contribution in [0.25, 0.3) is 0 Å². The van der Waals surface area contributed by atoms with Crippen molar-refractivity contribution in [3.8, 4) is 0 Å². The number of furan rings is 1. The molecule has 0 bridgehead atoms. The zero-order valence-corrected chi connectivity index (χ0v) is 40.0. The van der Waals surface area contributed by atoms with Crippen LogP contribution in [0.1, 0.15) is 146 Å². The number of carbonyl (C=O) groups excluding carboxylic acids is 2.